The third-order valence-corrected chi connectivity index (χ3v) is 3.81. The first-order valence-electron chi connectivity index (χ1n) is 7.68. The molecule has 1 aliphatic carbocycles. The number of rotatable bonds is 7. The van der Waals surface area contributed by atoms with Gasteiger partial charge in [0.15, 0.2) is 0 Å². The van der Waals surface area contributed by atoms with Crippen LogP contribution in [0.1, 0.15) is 38.7 Å². The highest BCUT2D eigenvalue weighted by Crippen LogP contribution is 2.46. The van der Waals surface area contributed by atoms with Crippen LogP contribution in [0.25, 0.3) is 0 Å². The number of carbonyl (C=O) groups is 2. The van der Waals surface area contributed by atoms with Gasteiger partial charge >= 0.3 is 0 Å². The van der Waals surface area contributed by atoms with Crippen molar-refractivity contribution in [2.75, 3.05) is 6.54 Å². The van der Waals surface area contributed by atoms with Gasteiger partial charge in [-0.1, -0.05) is 30.3 Å². The quantitative estimate of drug-likeness (QED) is 0.596. The standard InChI is InChI=1S/C17H24N2O2/c1-13(2)19-16(21)17(10-11-17)15(20)18-12-6-9-14-7-4-3-5-8-14/h3-5,7-8,13H,6,9-12H2,1-2H3,(H,18,20)(H,19,21). The van der Waals surface area contributed by atoms with E-state index in [0.717, 1.165) is 12.8 Å². The van der Waals surface area contributed by atoms with Gasteiger partial charge in [-0.3, -0.25) is 9.59 Å². The number of benzene rings is 1. The smallest absolute Gasteiger partial charge is 0.235 e. The number of carbonyl (C=O) groups excluding carboxylic acids is 2. The summed E-state index contributed by atoms with van der Waals surface area (Å²) < 4.78 is 0. The van der Waals surface area contributed by atoms with Crippen LogP contribution in [0, 0.1) is 5.41 Å². The Balaban J connectivity index is 1.73. The van der Waals surface area contributed by atoms with E-state index in [1.54, 1.807) is 0 Å². The fraction of sp³-hybridized carbons (Fsp3) is 0.529. The van der Waals surface area contributed by atoms with Crippen molar-refractivity contribution in [1.29, 1.82) is 0 Å². The zero-order chi connectivity index (χ0) is 15.3. The lowest BCUT2D eigenvalue weighted by Crippen LogP contribution is -2.45. The molecule has 0 aliphatic heterocycles. The molecule has 0 bridgehead atoms. The molecule has 0 aromatic heterocycles. The molecule has 4 nitrogen and oxygen atoms in total. The topological polar surface area (TPSA) is 58.2 Å². The van der Waals surface area contributed by atoms with Crippen molar-refractivity contribution in [3.05, 3.63) is 35.9 Å². The number of aryl methyl sites for hydroxylation is 1. The van der Waals surface area contributed by atoms with Gasteiger partial charge in [0.2, 0.25) is 11.8 Å². The molecule has 21 heavy (non-hydrogen) atoms. The van der Waals surface area contributed by atoms with E-state index in [9.17, 15) is 9.59 Å². The van der Waals surface area contributed by atoms with E-state index < -0.39 is 5.41 Å². The van der Waals surface area contributed by atoms with Crippen LogP contribution in [-0.4, -0.2) is 24.4 Å². The zero-order valence-corrected chi connectivity index (χ0v) is 12.8. The van der Waals surface area contributed by atoms with Crippen LogP contribution in [0.4, 0.5) is 0 Å². The van der Waals surface area contributed by atoms with Gasteiger partial charge < -0.3 is 10.6 Å². The number of nitrogens with one attached hydrogen (secondary N) is 2. The van der Waals surface area contributed by atoms with Gasteiger partial charge in [0.1, 0.15) is 5.41 Å². The molecule has 0 saturated heterocycles. The predicted octanol–water partition coefficient (Wildman–Crippen LogP) is 2.04. The van der Waals surface area contributed by atoms with Crippen molar-refractivity contribution in [1.82, 2.24) is 10.6 Å². The second-order valence-electron chi connectivity index (χ2n) is 6.06. The van der Waals surface area contributed by atoms with Gasteiger partial charge in [-0.2, -0.15) is 0 Å². The molecule has 4 heteroatoms. The molecule has 2 amide bonds. The highest BCUT2D eigenvalue weighted by atomic mass is 16.2. The fourth-order valence-electron chi connectivity index (χ4n) is 2.39. The van der Waals surface area contributed by atoms with E-state index in [0.29, 0.717) is 19.4 Å². The minimum atomic E-state index is -0.795. The maximum absolute atomic E-state index is 12.2. The van der Waals surface area contributed by atoms with Crippen molar-refractivity contribution < 1.29 is 9.59 Å². The highest BCUT2D eigenvalue weighted by Gasteiger charge is 2.56. The summed E-state index contributed by atoms with van der Waals surface area (Å²) in [5.74, 6) is -0.244. The largest absolute Gasteiger partial charge is 0.355 e. The lowest BCUT2D eigenvalue weighted by molar-refractivity contribution is -0.137. The molecule has 0 spiro atoms. The normalized spacial score (nSPS) is 15.6. The van der Waals surface area contributed by atoms with Crippen molar-refractivity contribution in [3.63, 3.8) is 0 Å². The summed E-state index contributed by atoms with van der Waals surface area (Å²) in [6.45, 7) is 4.43. The molecule has 0 heterocycles. The first-order chi connectivity index (χ1) is 10.0. The van der Waals surface area contributed by atoms with Crippen molar-refractivity contribution >= 4 is 11.8 Å². The minimum absolute atomic E-state index is 0.0702. The predicted molar refractivity (Wildman–Crippen MR) is 82.7 cm³/mol. The molecular formula is C17H24N2O2. The average Bonchev–Trinajstić information content (AvgIpc) is 3.25. The molecule has 0 atom stereocenters. The summed E-state index contributed by atoms with van der Waals surface area (Å²) in [5, 5.41) is 5.75. The Labute approximate surface area is 126 Å². The second kappa shape index (κ2) is 6.74. The van der Waals surface area contributed by atoms with Crippen molar-refractivity contribution in [2.45, 2.75) is 45.6 Å². The molecule has 2 rings (SSSR count). The average molecular weight is 288 g/mol. The van der Waals surface area contributed by atoms with E-state index in [-0.39, 0.29) is 17.9 Å². The summed E-state index contributed by atoms with van der Waals surface area (Å²) >= 11 is 0. The molecule has 2 N–H and O–H groups in total. The molecule has 0 radical (unpaired) electrons. The van der Waals surface area contributed by atoms with Gasteiger partial charge in [0, 0.05) is 12.6 Å². The van der Waals surface area contributed by atoms with Crippen LogP contribution in [0.5, 0.6) is 0 Å². The molecule has 0 unspecified atom stereocenters. The Morgan fingerprint density at radius 2 is 1.81 bits per heavy atom. The van der Waals surface area contributed by atoms with Gasteiger partial charge in [-0.05, 0) is 45.1 Å². The number of amides is 2. The van der Waals surface area contributed by atoms with Crippen LogP contribution in [0.2, 0.25) is 0 Å². The lowest BCUT2D eigenvalue weighted by atomic mass is 10.0. The zero-order valence-electron chi connectivity index (χ0n) is 12.8. The maximum Gasteiger partial charge on any atom is 0.235 e. The molecule has 1 aromatic rings. The Bertz CT molecular complexity index is 493. The van der Waals surface area contributed by atoms with E-state index in [1.165, 1.54) is 5.56 Å². The summed E-state index contributed by atoms with van der Waals surface area (Å²) in [7, 11) is 0. The Kier molecular flexibility index (Phi) is 4.99. The minimum Gasteiger partial charge on any atom is -0.355 e. The summed E-state index contributed by atoms with van der Waals surface area (Å²) in [5.41, 5.74) is 0.474. The molecule has 114 valence electrons. The van der Waals surface area contributed by atoms with E-state index in [2.05, 4.69) is 22.8 Å². The highest BCUT2D eigenvalue weighted by molar-refractivity contribution is 6.07. The molecule has 1 fully saturated rings. The van der Waals surface area contributed by atoms with E-state index in [4.69, 9.17) is 0 Å². The van der Waals surface area contributed by atoms with Crippen LogP contribution in [-0.2, 0) is 16.0 Å². The first-order valence-corrected chi connectivity index (χ1v) is 7.68. The van der Waals surface area contributed by atoms with Crippen LogP contribution < -0.4 is 10.6 Å². The van der Waals surface area contributed by atoms with Crippen LogP contribution >= 0.6 is 0 Å². The number of hydrogen-bond acceptors (Lipinski definition) is 2. The van der Waals surface area contributed by atoms with E-state index in [1.807, 2.05) is 32.0 Å². The fourth-order valence-corrected chi connectivity index (χ4v) is 2.39. The van der Waals surface area contributed by atoms with Crippen molar-refractivity contribution in [2.24, 2.45) is 5.41 Å². The molecule has 1 aliphatic rings. The monoisotopic (exact) mass is 288 g/mol. The Morgan fingerprint density at radius 1 is 1.14 bits per heavy atom. The Hall–Kier alpha value is -1.84. The van der Waals surface area contributed by atoms with Crippen LogP contribution in [0.15, 0.2) is 30.3 Å². The van der Waals surface area contributed by atoms with Gasteiger partial charge in [-0.15, -0.1) is 0 Å². The maximum atomic E-state index is 12.2. The third-order valence-electron chi connectivity index (χ3n) is 3.81. The first kappa shape index (κ1) is 15.5. The van der Waals surface area contributed by atoms with Gasteiger partial charge in [0.05, 0.1) is 0 Å². The number of hydrogen-bond donors (Lipinski definition) is 2. The van der Waals surface area contributed by atoms with Gasteiger partial charge in [-0.25, -0.2) is 0 Å². The lowest BCUT2D eigenvalue weighted by Gasteiger charge is -2.17. The SMILES string of the molecule is CC(C)NC(=O)C1(C(=O)NCCCc2ccccc2)CC1. The second-order valence-corrected chi connectivity index (χ2v) is 6.06. The summed E-state index contributed by atoms with van der Waals surface area (Å²) in [6.07, 6.45) is 3.15. The summed E-state index contributed by atoms with van der Waals surface area (Å²) in [4.78, 5) is 24.3. The van der Waals surface area contributed by atoms with Crippen LogP contribution in [0.3, 0.4) is 0 Å². The molecule has 1 aromatic carbocycles. The Morgan fingerprint density at radius 3 is 2.38 bits per heavy atom. The third kappa shape index (κ3) is 4.06. The van der Waals surface area contributed by atoms with E-state index >= 15 is 0 Å². The molecular weight excluding hydrogens is 264 g/mol. The molecule has 1 saturated carbocycles. The van der Waals surface area contributed by atoms with Crippen molar-refractivity contribution in [3.8, 4) is 0 Å². The summed E-state index contributed by atoms with van der Waals surface area (Å²) in [6, 6.07) is 10.3. The van der Waals surface area contributed by atoms with Gasteiger partial charge in [0.25, 0.3) is 0 Å².